The maximum absolute atomic E-state index is 13.8. The van der Waals surface area contributed by atoms with Gasteiger partial charge in [-0.2, -0.15) is 0 Å². The molecule has 2 aromatic carbocycles. The highest BCUT2D eigenvalue weighted by molar-refractivity contribution is 6.42. The van der Waals surface area contributed by atoms with E-state index < -0.39 is 5.92 Å². The third-order valence-corrected chi connectivity index (χ3v) is 8.01. The lowest BCUT2D eigenvalue weighted by Gasteiger charge is -2.49. The summed E-state index contributed by atoms with van der Waals surface area (Å²) in [6.45, 7) is 8.37. The maximum Gasteiger partial charge on any atom is 0.162 e. The van der Waals surface area contributed by atoms with Crippen LogP contribution in [-0.2, 0) is 9.59 Å². The summed E-state index contributed by atoms with van der Waals surface area (Å²) in [5, 5.41) is 0.858. The third kappa shape index (κ3) is 4.25. The quantitative estimate of drug-likeness (QED) is 0.409. The van der Waals surface area contributed by atoms with Gasteiger partial charge in [0.05, 0.1) is 10.0 Å². The van der Waals surface area contributed by atoms with Crippen molar-refractivity contribution in [2.24, 2.45) is 10.8 Å². The minimum Gasteiger partial charge on any atom is -0.317 e. The van der Waals surface area contributed by atoms with Crippen LogP contribution in [0.5, 0.6) is 0 Å². The van der Waals surface area contributed by atoms with Crippen LogP contribution >= 0.6 is 23.2 Å². The van der Waals surface area contributed by atoms with Crippen molar-refractivity contribution in [3.8, 4) is 0 Å². The molecule has 0 bridgehead atoms. The van der Waals surface area contributed by atoms with Crippen LogP contribution in [0.25, 0.3) is 0 Å². The van der Waals surface area contributed by atoms with Crippen molar-refractivity contribution in [1.29, 1.82) is 0 Å². The Bertz CT molecular complexity index is 1270. The molecule has 182 valence electrons. The first-order chi connectivity index (χ1) is 16.4. The fourth-order valence-corrected chi connectivity index (χ4v) is 6.18. The molecule has 2 aliphatic carbocycles. The lowest BCUT2D eigenvalue weighted by atomic mass is 9.63. The van der Waals surface area contributed by atoms with Crippen LogP contribution in [0.2, 0.25) is 10.0 Å². The van der Waals surface area contributed by atoms with E-state index >= 15 is 0 Å². The molecule has 5 rings (SSSR count). The highest BCUT2D eigenvalue weighted by Gasteiger charge is 2.49. The molecule has 0 radical (unpaired) electrons. The van der Waals surface area contributed by atoms with E-state index in [1.165, 1.54) is 12.1 Å². The molecule has 2 aromatic rings. The Kier molecular flexibility index (Phi) is 5.77. The van der Waals surface area contributed by atoms with E-state index in [4.69, 9.17) is 23.2 Å². The Hall–Kier alpha value is -2.43. The van der Waals surface area contributed by atoms with Gasteiger partial charge in [-0.1, -0.05) is 63.0 Å². The average molecular weight is 512 g/mol. The molecule has 6 heteroatoms. The van der Waals surface area contributed by atoms with Gasteiger partial charge in [-0.05, 0) is 59.6 Å². The number of Topliss-reactive ketones (excluding diaryl/α,β-unsaturated/α-hetero) is 2. The van der Waals surface area contributed by atoms with Gasteiger partial charge in [0, 0.05) is 47.0 Å². The number of nitrogens with zero attached hydrogens (tertiary/aromatic N) is 1. The smallest absolute Gasteiger partial charge is 0.162 e. The molecule has 0 aromatic heterocycles. The van der Waals surface area contributed by atoms with Crippen LogP contribution in [0.4, 0.5) is 10.1 Å². The van der Waals surface area contributed by atoms with Crippen LogP contribution in [0.1, 0.15) is 64.9 Å². The minimum atomic E-state index is -0.508. The summed E-state index contributed by atoms with van der Waals surface area (Å²) in [6, 6.07) is 11.6. The molecule has 0 atom stereocenters. The number of hydrogen-bond donors (Lipinski definition) is 0. The summed E-state index contributed by atoms with van der Waals surface area (Å²) in [6.07, 6.45) is 2.11. The summed E-state index contributed by atoms with van der Waals surface area (Å²) in [5.74, 6) is -0.802. The van der Waals surface area contributed by atoms with E-state index in [1.54, 1.807) is 24.3 Å². The molecule has 1 heterocycles. The molecule has 0 saturated heterocycles. The Morgan fingerprint density at radius 1 is 0.771 bits per heavy atom. The minimum absolute atomic E-state index is 0.0276. The topological polar surface area (TPSA) is 37.4 Å². The van der Waals surface area contributed by atoms with Gasteiger partial charge in [-0.3, -0.25) is 9.59 Å². The van der Waals surface area contributed by atoms with Crippen molar-refractivity contribution in [3.63, 3.8) is 0 Å². The summed E-state index contributed by atoms with van der Waals surface area (Å²) in [7, 11) is 0. The molecular weight excluding hydrogens is 484 g/mol. The van der Waals surface area contributed by atoms with Crippen LogP contribution < -0.4 is 4.90 Å². The van der Waals surface area contributed by atoms with Crippen molar-refractivity contribution in [1.82, 2.24) is 0 Å². The van der Waals surface area contributed by atoms with Crippen molar-refractivity contribution in [2.75, 3.05) is 4.90 Å². The van der Waals surface area contributed by atoms with Gasteiger partial charge in [0.25, 0.3) is 0 Å². The first kappa shape index (κ1) is 24.3. The van der Waals surface area contributed by atoms with E-state index in [0.717, 1.165) is 22.6 Å². The van der Waals surface area contributed by atoms with Crippen LogP contribution in [0.3, 0.4) is 0 Å². The Morgan fingerprint density at radius 2 is 1.29 bits per heavy atom. The van der Waals surface area contributed by atoms with E-state index in [0.29, 0.717) is 46.9 Å². The maximum atomic E-state index is 13.8. The fourth-order valence-electron chi connectivity index (χ4n) is 5.89. The molecule has 0 amide bonds. The first-order valence-corrected chi connectivity index (χ1v) is 12.7. The molecular formula is C29H28Cl2FNO2. The van der Waals surface area contributed by atoms with Crippen molar-refractivity contribution < 1.29 is 14.0 Å². The Balaban J connectivity index is 1.83. The average Bonchev–Trinajstić information content (AvgIpc) is 2.73. The molecule has 1 aliphatic heterocycles. The van der Waals surface area contributed by atoms with Crippen LogP contribution in [0, 0.1) is 16.6 Å². The molecule has 35 heavy (non-hydrogen) atoms. The summed E-state index contributed by atoms with van der Waals surface area (Å²) >= 11 is 12.7. The Labute approximate surface area is 215 Å². The normalized spacial score (nSPS) is 21.9. The van der Waals surface area contributed by atoms with Gasteiger partial charge in [0.2, 0.25) is 0 Å². The highest BCUT2D eigenvalue weighted by Crippen LogP contribution is 2.55. The summed E-state index contributed by atoms with van der Waals surface area (Å²) in [4.78, 5) is 29.6. The first-order valence-electron chi connectivity index (χ1n) is 11.9. The van der Waals surface area contributed by atoms with E-state index in [9.17, 15) is 14.0 Å². The predicted octanol–water partition coefficient (Wildman–Crippen LogP) is 8.02. The van der Waals surface area contributed by atoms with Crippen LogP contribution in [0.15, 0.2) is 65.0 Å². The number of ketones is 2. The van der Waals surface area contributed by atoms with Gasteiger partial charge < -0.3 is 4.90 Å². The molecule has 0 N–H and O–H groups in total. The van der Waals surface area contributed by atoms with E-state index in [2.05, 4.69) is 32.6 Å². The molecule has 0 fully saturated rings. The zero-order chi connectivity index (χ0) is 25.3. The second-order valence-electron chi connectivity index (χ2n) is 11.5. The van der Waals surface area contributed by atoms with Gasteiger partial charge in [-0.25, -0.2) is 4.39 Å². The number of rotatable bonds is 2. The van der Waals surface area contributed by atoms with Crippen LogP contribution in [-0.4, -0.2) is 11.6 Å². The third-order valence-electron chi connectivity index (χ3n) is 7.27. The van der Waals surface area contributed by atoms with Gasteiger partial charge in [0.15, 0.2) is 11.6 Å². The Morgan fingerprint density at radius 3 is 1.77 bits per heavy atom. The number of hydrogen-bond acceptors (Lipinski definition) is 3. The SMILES string of the molecule is CC1(C)CC(=O)C2=C(C1)N(c1ccc(Cl)c(Cl)c1)C1=C(C(=O)CC(C)(C)C1)C2c1ccc(F)cc1. The molecule has 3 nitrogen and oxygen atoms in total. The lowest BCUT2D eigenvalue weighted by molar-refractivity contribution is -0.119. The summed E-state index contributed by atoms with van der Waals surface area (Å²) < 4.78 is 13.8. The predicted molar refractivity (Wildman–Crippen MR) is 138 cm³/mol. The van der Waals surface area contributed by atoms with Gasteiger partial charge >= 0.3 is 0 Å². The zero-order valence-electron chi connectivity index (χ0n) is 20.3. The number of anilines is 1. The molecule has 0 spiro atoms. The van der Waals surface area contributed by atoms with Gasteiger partial charge in [-0.15, -0.1) is 0 Å². The van der Waals surface area contributed by atoms with Crippen molar-refractivity contribution in [2.45, 2.75) is 59.3 Å². The standard InChI is InChI=1S/C29H28Cl2FNO2/c1-28(2)12-21-26(23(34)14-28)25(16-5-7-17(32)8-6-16)27-22(13-29(3,4)15-24(27)35)33(21)18-9-10-19(30)20(31)11-18/h5-11,25H,12-15H2,1-4H3. The zero-order valence-corrected chi connectivity index (χ0v) is 21.9. The molecule has 3 aliphatic rings. The molecule has 0 saturated carbocycles. The van der Waals surface area contributed by atoms with E-state index in [-0.39, 0.29) is 28.2 Å². The fraction of sp³-hybridized carbons (Fsp3) is 0.379. The lowest BCUT2D eigenvalue weighted by Crippen LogP contribution is -2.44. The number of halogens is 3. The van der Waals surface area contributed by atoms with Crippen molar-refractivity contribution in [3.05, 3.63) is 86.4 Å². The number of carbonyl (C=O) groups excluding carboxylic acids is 2. The number of allylic oxidation sites excluding steroid dienone is 4. The summed E-state index contributed by atoms with van der Waals surface area (Å²) in [5.41, 5.74) is 4.11. The van der Waals surface area contributed by atoms with E-state index in [1.807, 2.05) is 6.07 Å². The second-order valence-corrected chi connectivity index (χ2v) is 12.3. The van der Waals surface area contributed by atoms with Gasteiger partial charge in [0.1, 0.15) is 5.82 Å². The monoisotopic (exact) mass is 511 g/mol. The highest BCUT2D eigenvalue weighted by atomic mass is 35.5. The largest absolute Gasteiger partial charge is 0.317 e. The van der Waals surface area contributed by atoms with Crippen molar-refractivity contribution >= 4 is 40.5 Å². The number of benzene rings is 2. The molecule has 0 unspecified atom stereocenters. The number of carbonyl (C=O) groups is 2. The second kappa shape index (κ2) is 8.31.